The highest BCUT2D eigenvalue weighted by Crippen LogP contribution is 2.35. The van der Waals surface area contributed by atoms with E-state index in [-0.39, 0.29) is 12.5 Å². The van der Waals surface area contributed by atoms with E-state index in [1.807, 2.05) is 42.5 Å². The van der Waals surface area contributed by atoms with Gasteiger partial charge in [-0.2, -0.15) is 0 Å². The normalized spacial score (nSPS) is 30.5. The second-order valence-corrected chi connectivity index (χ2v) is 7.67. The Kier molecular flexibility index (Phi) is 5.37. The molecule has 0 spiro atoms. The van der Waals surface area contributed by atoms with Crippen LogP contribution in [-0.2, 0) is 19.0 Å². The molecule has 0 radical (unpaired) electrons. The number of furan rings is 1. The Bertz CT molecular complexity index is 1050. The predicted octanol–water partition coefficient (Wildman–Crippen LogP) is 2.52. The molecule has 8 heteroatoms. The molecule has 2 saturated heterocycles. The lowest BCUT2D eigenvalue weighted by atomic mass is 9.96. The zero-order chi connectivity index (χ0) is 21.4. The third kappa shape index (κ3) is 4.03. The number of carbonyl (C=O) groups excluding carboxylic acids is 1. The minimum Gasteiger partial charge on any atom is -0.464 e. The number of carbonyl (C=O) groups is 1. The lowest BCUT2D eigenvalue weighted by Gasteiger charge is -2.47. The van der Waals surface area contributed by atoms with Crippen LogP contribution in [0.4, 0.5) is 0 Å². The van der Waals surface area contributed by atoms with E-state index in [0.717, 1.165) is 10.8 Å². The summed E-state index contributed by atoms with van der Waals surface area (Å²) in [6.07, 6.45) is -2.53. The smallest absolute Gasteiger partial charge is 0.223 e. The maximum Gasteiger partial charge on any atom is 0.223 e. The topological polar surface area (TPSA) is 99.4 Å². The molecule has 3 heterocycles. The Labute approximate surface area is 178 Å². The minimum absolute atomic E-state index is 0.178. The molecule has 2 N–H and O–H groups in total. The van der Waals surface area contributed by atoms with Crippen LogP contribution in [0.1, 0.15) is 19.0 Å². The predicted molar refractivity (Wildman–Crippen MR) is 109 cm³/mol. The van der Waals surface area contributed by atoms with E-state index in [2.05, 4.69) is 5.32 Å². The van der Waals surface area contributed by atoms with Crippen LogP contribution in [0.25, 0.3) is 10.8 Å². The lowest BCUT2D eigenvalue weighted by molar-refractivity contribution is -0.336. The number of aliphatic hydroxyl groups excluding tert-OH is 1. The van der Waals surface area contributed by atoms with E-state index < -0.39 is 36.9 Å². The standard InChI is InChI=1S/C23H23NO7/c1-13(25)24-19-20(26)21-18(12-28-22(31-21)17-7-4-10-27-17)30-23(19)29-16-9-8-14-5-2-3-6-15(14)11-16/h2-11,18-23,26H,12H2,1H3,(H,24,25). The average Bonchev–Trinajstić information content (AvgIpc) is 3.31. The summed E-state index contributed by atoms with van der Waals surface area (Å²) in [5, 5.41) is 15.9. The summed E-state index contributed by atoms with van der Waals surface area (Å²) in [5.74, 6) is 0.750. The van der Waals surface area contributed by atoms with E-state index in [9.17, 15) is 9.90 Å². The van der Waals surface area contributed by atoms with Crippen molar-refractivity contribution in [2.75, 3.05) is 6.61 Å². The molecule has 0 bridgehead atoms. The minimum atomic E-state index is -1.07. The Morgan fingerprint density at radius 2 is 1.94 bits per heavy atom. The SMILES string of the molecule is CC(=O)NC1C(Oc2ccc3ccccc3c2)OC2COC(c3ccco3)OC2C1O. The van der Waals surface area contributed by atoms with Crippen molar-refractivity contribution in [3.63, 3.8) is 0 Å². The van der Waals surface area contributed by atoms with Gasteiger partial charge in [0.15, 0.2) is 5.76 Å². The number of nitrogens with one attached hydrogen (secondary N) is 1. The molecule has 2 aliphatic heterocycles. The van der Waals surface area contributed by atoms with Crippen molar-refractivity contribution in [1.29, 1.82) is 0 Å². The average molecular weight is 425 g/mol. The fraction of sp³-hybridized carbons (Fsp3) is 0.348. The van der Waals surface area contributed by atoms with Crippen molar-refractivity contribution in [2.45, 2.75) is 43.9 Å². The second kappa shape index (κ2) is 8.32. The number of rotatable bonds is 4. The number of fused-ring (bicyclic) bond motifs is 2. The van der Waals surface area contributed by atoms with Gasteiger partial charge in [-0.05, 0) is 35.0 Å². The first kappa shape index (κ1) is 20.0. The van der Waals surface area contributed by atoms with Gasteiger partial charge in [0.05, 0.1) is 12.9 Å². The van der Waals surface area contributed by atoms with Crippen LogP contribution >= 0.6 is 0 Å². The fourth-order valence-electron chi connectivity index (χ4n) is 4.02. The van der Waals surface area contributed by atoms with E-state index in [1.165, 1.54) is 13.2 Å². The zero-order valence-electron chi connectivity index (χ0n) is 16.8. The molecule has 1 aromatic heterocycles. The summed E-state index contributed by atoms with van der Waals surface area (Å²) >= 11 is 0. The highest BCUT2D eigenvalue weighted by molar-refractivity contribution is 5.83. The summed E-state index contributed by atoms with van der Waals surface area (Å²) in [5.41, 5.74) is 0. The molecule has 0 saturated carbocycles. The fourth-order valence-corrected chi connectivity index (χ4v) is 4.02. The van der Waals surface area contributed by atoms with Crippen LogP contribution in [0.2, 0.25) is 0 Å². The first-order chi connectivity index (χ1) is 15.1. The molecule has 162 valence electrons. The van der Waals surface area contributed by atoms with Gasteiger partial charge in [-0.3, -0.25) is 4.79 Å². The first-order valence-corrected chi connectivity index (χ1v) is 10.1. The van der Waals surface area contributed by atoms with Crippen molar-refractivity contribution >= 4 is 16.7 Å². The number of aliphatic hydroxyl groups is 1. The van der Waals surface area contributed by atoms with E-state index >= 15 is 0 Å². The van der Waals surface area contributed by atoms with Gasteiger partial charge in [0.25, 0.3) is 0 Å². The Morgan fingerprint density at radius 1 is 1.10 bits per heavy atom. The maximum atomic E-state index is 11.8. The zero-order valence-corrected chi connectivity index (χ0v) is 16.8. The van der Waals surface area contributed by atoms with Gasteiger partial charge in [-0.15, -0.1) is 0 Å². The molecule has 3 aromatic rings. The molecule has 31 heavy (non-hydrogen) atoms. The van der Waals surface area contributed by atoms with Gasteiger partial charge in [0.2, 0.25) is 18.5 Å². The van der Waals surface area contributed by atoms with Crippen LogP contribution in [0, 0.1) is 0 Å². The van der Waals surface area contributed by atoms with Crippen molar-refractivity contribution < 1.29 is 33.3 Å². The quantitative estimate of drug-likeness (QED) is 0.663. The van der Waals surface area contributed by atoms with Crippen molar-refractivity contribution in [3.8, 4) is 5.75 Å². The molecular formula is C23H23NO7. The summed E-state index contributed by atoms with van der Waals surface area (Å²) in [6, 6.07) is 16.2. The Balaban J connectivity index is 1.37. The van der Waals surface area contributed by atoms with Crippen molar-refractivity contribution in [2.24, 2.45) is 0 Å². The largest absolute Gasteiger partial charge is 0.464 e. The molecule has 2 aliphatic rings. The highest BCUT2D eigenvalue weighted by Gasteiger charge is 2.51. The van der Waals surface area contributed by atoms with Gasteiger partial charge in [-0.1, -0.05) is 30.3 Å². The molecule has 6 atom stereocenters. The summed E-state index contributed by atoms with van der Waals surface area (Å²) in [6.45, 7) is 1.56. The second-order valence-electron chi connectivity index (χ2n) is 7.67. The summed E-state index contributed by atoms with van der Waals surface area (Å²) in [7, 11) is 0. The number of benzene rings is 2. The van der Waals surface area contributed by atoms with Gasteiger partial charge < -0.3 is 33.8 Å². The maximum absolute atomic E-state index is 11.8. The lowest BCUT2D eigenvalue weighted by Crippen LogP contribution is -2.67. The molecule has 2 aromatic carbocycles. The number of amides is 1. The van der Waals surface area contributed by atoms with Gasteiger partial charge in [-0.25, -0.2) is 0 Å². The van der Waals surface area contributed by atoms with E-state index in [1.54, 1.807) is 12.1 Å². The summed E-state index contributed by atoms with van der Waals surface area (Å²) in [4.78, 5) is 11.8. The first-order valence-electron chi connectivity index (χ1n) is 10.1. The molecule has 6 unspecified atom stereocenters. The van der Waals surface area contributed by atoms with Crippen LogP contribution < -0.4 is 10.1 Å². The summed E-state index contributed by atoms with van der Waals surface area (Å²) < 4.78 is 29.1. The van der Waals surface area contributed by atoms with Gasteiger partial charge in [0, 0.05) is 6.92 Å². The molecular weight excluding hydrogens is 402 g/mol. The molecule has 1 amide bonds. The van der Waals surface area contributed by atoms with Crippen LogP contribution in [0.15, 0.2) is 65.3 Å². The Morgan fingerprint density at radius 3 is 2.71 bits per heavy atom. The van der Waals surface area contributed by atoms with E-state index in [4.69, 9.17) is 23.4 Å². The monoisotopic (exact) mass is 425 g/mol. The van der Waals surface area contributed by atoms with Crippen LogP contribution in [-0.4, -0.2) is 48.3 Å². The highest BCUT2D eigenvalue weighted by atomic mass is 16.8. The number of hydrogen-bond acceptors (Lipinski definition) is 7. The Hall–Kier alpha value is -2.91. The van der Waals surface area contributed by atoms with E-state index in [0.29, 0.717) is 11.5 Å². The van der Waals surface area contributed by atoms with Crippen molar-refractivity contribution in [1.82, 2.24) is 5.32 Å². The third-order valence-electron chi connectivity index (χ3n) is 5.48. The number of hydrogen-bond donors (Lipinski definition) is 2. The third-order valence-corrected chi connectivity index (χ3v) is 5.48. The molecule has 5 rings (SSSR count). The van der Waals surface area contributed by atoms with Crippen LogP contribution in [0.3, 0.4) is 0 Å². The molecule has 8 nitrogen and oxygen atoms in total. The molecule has 0 aliphatic carbocycles. The van der Waals surface area contributed by atoms with Crippen LogP contribution in [0.5, 0.6) is 5.75 Å². The van der Waals surface area contributed by atoms with Crippen molar-refractivity contribution in [3.05, 3.63) is 66.6 Å². The van der Waals surface area contributed by atoms with Gasteiger partial charge >= 0.3 is 0 Å². The molecule has 2 fully saturated rings. The van der Waals surface area contributed by atoms with Gasteiger partial charge in [0.1, 0.15) is 30.1 Å². The number of ether oxygens (including phenoxy) is 4.